The van der Waals surface area contributed by atoms with Gasteiger partial charge in [0.05, 0.1) is 5.02 Å². The van der Waals surface area contributed by atoms with Crippen LogP contribution in [0.25, 0.3) is 0 Å². The van der Waals surface area contributed by atoms with Crippen LogP contribution in [-0.4, -0.2) is 17.8 Å². The number of nitrogens with one attached hydrogen (secondary N) is 1. The first-order chi connectivity index (χ1) is 7.79. The van der Waals surface area contributed by atoms with Crippen LogP contribution in [0.1, 0.15) is 26.2 Å². The largest absolute Gasteiger partial charge is 0.314 e. The highest BCUT2D eigenvalue weighted by molar-refractivity contribution is 8.00. The number of thioether (sulfide) groups is 1. The summed E-state index contributed by atoms with van der Waals surface area (Å²) in [5.74, 6) is 0. The zero-order valence-corrected chi connectivity index (χ0v) is 11.2. The lowest BCUT2D eigenvalue weighted by atomic mass is 10.2. The summed E-state index contributed by atoms with van der Waals surface area (Å²) in [6, 6.07) is 8.85. The molecule has 1 aliphatic rings. The van der Waals surface area contributed by atoms with E-state index in [2.05, 4.69) is 24.4 Å². The van der Waals surface area contributed by atoms with Gasteiger partial charge in [0, 0.05) is 16.2 Å². The van der Waals surface area contributed by atoms with Gasteiger partial charge in [-0.15, -0.1) is 11.8 Å². The second-order valence-corrected chi connectivity index (χ2v) is 5.99. The van der Waals surface area contributed by atoms with Crippen LogP contribution in [0.15, 0.2) is 29.2 Å². The Bertz CT molecular complexity index is 342. The highest BCUT2D eigenvalue weighted by atomic mass is 35.5. The first-order valence-corrected chi connectivity index (χ1v) is 7.20. The second kappa shape index (κ2) is 5.95. The monoisotopic (exact) mass is 255 g/mol. The van der Waals surface area contributed by atoms with Gasteiger partial charge in [0.25, 0.3) is 0 Å². The fourth-order valence-corrected chi connectivity index (χ4v) is 3.79. The second-order valence-electron chi connectivity index (χ2n) is 4.24. The third-order valence-corrected chi connectivity index (χ3v) is 4.82. The third kappa shape index (κ3) is 3.16. The summed E-state index contributed by atoms with van der Waals surface area (Å²) in [6.45, 7) is 3.25. The summed E-state index contributed by atoms with van der Waals surface area (Å²) in [7, 11) is 0. The quantitative estimate of drug-likeness (QED) is 0.874. The Morgan fingerprint density at radius 1 is 1.38 bits per heavy atom. The van der Waals surface area contributed by atoms with E-state index < -0.39 is 0 Å². The summed E-state index contributed by atoms with van der Waals surface area (Å²) in [4.78, 5) is 1.23. The van der Waals surface area contributed by atoms with Gasteiger partial charge in [-0.1, -0.05) is 30.7 Å². The average Bonchev–Trinajstić information content (AvgIpc) is 2.70. The van der Waals surface area contributed by atoms with Crippen LogP contribution in [0.4, 0.5) is 0 Å². The van der Waals surface area contributed by atoms with E-state index in [1.807, 2.05) is 23.9 Å². The van der Waals surface area contributed by atoms with Crippen molar-refractivity contribution >= 4 is 23.4 Å². The number of hydrogen-bond donors (Lipinski definition) is 1. The SMILES string of the molecule is CCNC1CCC(Sc2ccccc2Cl)C1. The summed E-state index contributed by atoms with van der Waals surface area (Å²) in [5.41, 5.74) is 0. The number of rotatable bonds is 4. The van der Waals surface area contributed by atoms with Crippen molar-refractivity contribution in [2.24, 2.45) is 0 Å². The molecule has 1 saturated carbocycles. The Morgan fingerprint density at radius 2 is 2.19 bits per heavy atom. The lowest BCUT2D eigenvalue weighted by Crippen LogP contribution is -2.26. The minimum atomic E-state index is 0.713. The van der Waals surface area contributed by atoms with E-state index in [1.165, 1.54) is 24.2 Å². The van der Waals surface area contributed by atoms with Gasteiger partial charge in [0.1, 0.15) is 0 Å². The van der Waals surface area contributed by atoms with Crippen LogP contribution < -0.4 is 5.32 Å². The van der Waals surface area contributed by atoms with Gasteiger partial charge in [-0.3, -0.25) is 0 Å². The number of hydrogen-bond acceptors (Lipinski definition) is 2. The van der Waals surface area contributed by atoms with Crippen molar-refractivity contribution in [3.63, 3.8) is 0 Å². The molecular formula is C13H18ClNS. The Balaban J connectivity index is 1.90. The van der Waals surface area contributed by atoms with E-state index in [-0.39, 0.29) is 0 Å². The van der Waals surface area contributed by atoms with Gasteiger partial charge >= 0.3 is 0 Å². The van der Waals surface area contributed by atoms with Crippen molar-refractivity contribution in [3.05, 3.63) is 29.3 Å². The molecule has 2 atom stereocenters. The van der Waals surface area contributed by atoms with Crippen LogP contribution in [-0.2, 0) is 0 Å². The molecule has 1 aromatic carbocycles. The molecule has 1 N–H and O–H groups in total. The summed E-state index contributed by atoms with van der Waals surface area (Å²) < 4.78 is 0. The topological polar surface area (TPSA) is 12.0 Å². The van der Waals surface area contributed by atoms with Crippen LogP contribution in [0.5, 0.6) is 0 Å². The van der Waals surface area contributed by atoms with E-state index in [1.54, 1.807) is 0 Å². The van der Waals surface area contributed by atoms with Crippen molar-refractivity contribution in [1.82, 2.24) is 5.32 Å². The molecule has 16 heavy (non-hydrogen) atoms. The highest BCUT2D eigenvalue weighted by Crippen LogP contribution is 2.37. The van der Waals surface area contributed by atoms with Crippen LogP contribution >= 0.6 is 23.4 Å². The van der Waals surface area contributed by atoms with Gasteiger partial charge < -0.3 is 5.32 Å². The fraction of sp³-hybridized carbons (Fsp3) is 0.538. The molecular weight excluding hydrogens is 238 g/mol. The lowest BCUT2D eigenvalue weighted by Gasteiger charge is -2.12. The summed E-state index contributed by atoms with van der Waals surface area (Å²) in [5, 5.41) is 5.14. The van der Waals surface area contributed by atoms with Crippen molar-refractivity contribution in [1.29, 1.82) is 0 Å². The van der Waals surface area contributed by atoms with Crippen LogP contribution in [0.3, 0.4) is 0 Å². The maximum absolute atomic E-state index is 6.16. The standard InChI is InChI=1S/C13H18ClNS/c1-2-15-10-7-8-11(9-10)16-13-6-4-3-5-12(13)14/h3-6,10-11,15H,2,7-9H2,1H3. The Morgan fingerprint density at radius 3 is 2.94 bits per heavy atom. The van der Waals surface area contributed by atoms with Gasteiger partial charge in [-0.25, -0.2) is 0 Å². The van der Waals surface area contributed by atoms with Crippen molar-refractivity contribution in [2.75, 3.05) is 6.54 Å². The van der Waals surface area contributed by atoms with Crippen LogP contribution in [0.2, 0.25) is 5.02 Å². The maximum Gasteiger partial charge on any atom is 0.0541 e. The Kier molecular flexibility index (Phi) is 4.56. The minimum absolute atomic E-state index is 0.713. The van der Waals surface area contributed by atoms with Gasteiger partial charge in [0.2, 0.25) is 0 Å². The number of halogens is 1. The normalized spacial score (nSPS) is 24.9. The highest BCUT2D eigenvalue weighted by Gasteiger charge is 2.24. The summed E-state index contributed by atoms with van der Waals surface area (Å²) in [6.07, 6.45) is 3.87. The van der Waals surface area contributed by atoms with Gasteiger partial charge in [-0.2, -0.15) is 0 Å². The van der Waals surface area contributed by atoms with E-state index in [0.717, 1.165) is 16.8 Å². The molecule has 0 bridgehead atoms. The average molecular weight is 256 g/mol. The van der Waals surface area contributed by atoms with E-state index >= 15 is 0 Å². The first-order valence-electron chi connectivity index (χ1n) is 5.94. The molecule has 0 heterocycles. The van der Waals surface area contributed by atoms with E-state index in [9.17, 15) is 0 Å². The Hall–Kier alpha value is -0.180. The molecule has 3 heteroatoms. The fourth-order valence-electron chi connectivity index (χ4n) is 2.24. The molecule has 0 aliphatic heterocycles. The molecule has 88 valence electrons. The van der Waals surface area contributed by atoms with E-state index in [4.69, 9.17) is 11.6 Å². The molecule has 0 spiro atoms. The van der Waals surface area contributed by atoms with Crippen LogP contribution in [0, 0.1) is 0 Å². The molecule has 0 aromatic heterocycles. The molecule has 0 saturated heterocycles. The number of benzene rings is 1. The molecule has 2 rings (SSSR count). The van der Waals surface area contributed by atoms with Gasteiger partial charge in [-0.05, 0) is 37.9 Å². The zero-order chi connectivity index (χ0) is 11.4. The first kappa shape index (κ1) is 12.3. The molecule has 1 fully saturated rings. The van der Waals surface area contributed by atoms with Gasteiger partial charge in [0.15, 0.2) is 0 Å². The van der Waals surface area contributed by atoms with Crippen molar-refractivity contribution in [3.8, 4) is 0 Å². The third-order valence-electron chi connectivity index (χ3n) is 3.01. The smallest absolute Gasteiger partial charge is 0.0541 e. The van der Waals surface area contributed by atoms with Crippen molar-refractivity contribution in [2.45, 2.75) is 42.4 Å². The molecule has 1 nitrogen and oxygen atoms in total. The molecule has 0 amide bonds. The molecule has 2 unspecified atom stereocenters. The summed E-state index contributed by atoms with van der Waals surface area (Å²) >= 11 is 8.10. The minimum Gasteiger partial charge on any atom is -0.314 e. The van der Waals surface area contributed by atoms with E-state index in [0.29, 0.717) is 6.04 Å². The molecule has 1 aliphatic carbocycles. The predicted molar refractivity (Wildman–Crippen MR) is 72.4 cm³/mol. The molecule has 0 radical (unpaired) electrons. The molecule has 1 aromatic rings. The van der Waals surface area contributed by atoms with Crippen molar-refractivity contribution < 1.29 is 0 Å². The Labute approximate surface area is 107 Å². The zero-order valence-electron chi connectivity index (χ0n) is 9.58. The predicted octanol–water partition coefficient (Wildman–Crippen LogP) is 3.96. The lowest BCUT2D eigenvalue weighted by molar-refractivity contribution is 0.543. The maximum atomic E-state index is 6.16.